The topological polar surface area (TPSA) is 62.9 Å². The van der Waals surface area contributed by atoms with Crippen molar-refractivity contribution in [1.29, 1.82) is 0 Å². The van der Waals surface area contributed by atoms with E-state index in [4.69, 9.17) is 16.0 Å². The quantitative estimate of drug-likeness (QED) is 0.497. The molecule has 0 fully saturated rings. The number of imide groups is 1. The van der Waals surface area contributed by atoms with E-state index in [9.17, 15) is 9.59 Å². The van der Waals surface area contributed by atoms with Crippen LogP contribution in [-0.4, -0.2) is 18.0 Å². The van der Waals surface area contributed by atoms with Gasteiger partial charge in [-0.05, 0) is 35.9 Å². The monoisotopic (exact) mass is 378 g/mol. The maximum absolute atomic E-state index is 13.2. The van der Waals surface area contributed by atoms with Gasteiger partial charge in [0.15, 0.2) is 0 Å². The fourth-order valence-electron chi connectivity index (χ4n) is 3.11. The first-order valence-corrected chi connectivity index (χ1v) is 8.78. The third kappa shape index (κ3) is 3.17. The van der Waals surface area contributed by atoms with Gasteiger partial charge in [-0.25, -0.2) is 4.90 Å². The van der Waals surface area contributed by atoms with Crippen LogP contribution in [0.1, 0.15) is 27.6 Å². The summed E-state index contributed by atoms with van der Waals surface area (Å²) >= 11 is 6.24. The third-order valence-corrected chi connectivity index (χ3v) is 4.71. The molecule has 0 spiro atoms. The van der Waals surface area contributed by atoms with Crippen molar-refractivity contribution in [3.63, 3.8) is 0 Å². The number of hydrogen-bond acceptors (Lipinski definition) is 4. The van der Waals surface area contributed by atoms with Crippen molar-refractivity contribution >= 4 is 35.3 Å². The van der Waals surface area contributed by atoms with E-state index >= 15 is 0 Å². The number of anilines is 1. The Bertz CT molecular complexity index is 1030. The molecular weight excluding hydrogens is 364 g/mol. The molecule has 1 aliphatic heterocycles. The van der Waals surface area contributed by atoms with Gasteiger partial charge >= 0.3 is 0 Å². The molecule has 3 aromatic rings. The van der Waals surface area contributed by atoms with Crippen LogP contribution in [-0.2, 0) is 11.3 Å². The van der Waals surface area contributed by atoms with Crippen LogP contribution in [0.5, 0.6) is 0 Å². The van der Waals surface area contributed by atoms with Crippen LogP contribution in [0.4, 0.5) is 5.69 Å². The highest BCUT2D eigenvalue weighted by Crippen LogP contribution is 2.35. The molecule has 0 saturated carbocycles. The molecule has 0 N–H and O–H groups in total. The second kappa shape index (κ2) is 7.21. The summed E-state index contributed by atoms with van der Waals surface area (Å²) in [4.78, 5) is 31.6. The summed E-state index contributed by atoms with van der Waals surface area (Å²) < 4.78 is 5.26. The van der Waals surface area contributed by atoms with E-state index in [2.05, 4.69) is 4.99 Å². The highest BCUT2D eigenvalue weighted by atomic mass is 35.5. The molecule has 5 nitrogen and oxygen atoms in total. The molecule has 2 amide bonds. The Labute approximate surface area is 160 Å². The predicted octanol–water partition coefficient (Wildman–Crippen LogP) is 4.47. The van der Waals surface area contributed by atoms with Gasteiger partial charge in [0.25, 0.3) is 5.91 Å². The first kappa shape index (κ1) is 17.2. The lowest BCUT2D eigenvalue weighted by atomic mass is 9.89. The predicted molar refractivity (Wildman–Crippen MR) is 103 cm³/mol. The number of amides is 2. The van der Waals surface area contributed by atoms with Crippen molar-refractivity contribution in [2.45, 2.75) is 12.5 Å². The summed E-state index contributed by atoms with van der Waals surface area (Å²) in [5.74, 6) is -0.749. The van der Waals surface area contributed by atoms with Gasteiger partial charge in [-0.3, -0.25) is 14.6 Å². The standard InChI is InChI=1S/C21H15ClN2O3/c22-18-9-3-4-10-19(18)24-20(25)16-8-2-1-7-15(16)17(21(24)26)13-23-12-14-6-5-11-27-14/h1-11,13,17H,12H2/t17-/m1/s1. The van der Waals surface area contributed by atoms with Crippen LogP contribution < -0.4 is 4.90 Å². The number of halogens is 1. The fraction of sp³-hybridized carbons (Fsp3) is 0.0952. The number of nitrogens with zero attached hydrogens (tertiary/aromatic N) is 2. The summed E-state index contributed by atoms with van der Waals surface area (Å²) in [5, 5.41) is 0.338. The minimum absolute atomic E-state index is 0.318. The van der Waals surface area contributed by atoms with Crippen LogP contribution >= 0.6 is 11.6 Å². The van der Waals surface area contributed by atoms with E-state index in [1.807, 2.05) is 6.07 Å². The van der Waals surface area contributed by atoms with E-state index in [1.165, 1.54) is 0 Å². The molecule has 134 valence electrons. The minimum atomic E-state index is -0.676. The molecule has 0 unspecified atom stereocenters. The Balaban J connectivity index is 1.74. The number of para-hydroxylation sites is 1. The molecule has 0 radical (unpaired) electrons. The molecule has 1 aliphatic rings. The highest BCUT2D eigenvalue weighted by Gasteiger charge is 2.39. The third-order valence-electron chi connectivity index (χ3n) is 4.39. The Morgan fingerprint density at radius 2 is 1.81 bits per heavy atom. The van der Waals surface area contributed by atoms with Crippen LogP contribution in [0.2, 0.25) is 5.02 Å². The number of benzene rings is 2. The molecule has 6 heteroatoms. The van der Waals surface area contributed by atoms with Gasteiger partial charge in [0.05, 0.1) is 29.4 Å². The number of fused-ring (bicyclic) bond motifs is 1. The van der Waals surface area contributed by atoms with Gasteiger partial charge < -0.3 is 4.42 Å². The zero-order chi connectivity index (χ0) is 18.8. The molecule has 4 rings (SSSR count). The SMILES string of the molecule is O=C1c2ccccc2[C@@H](C=NCc2ccco2)C(=O)N1c1ccccc1Cl. The maximum atomic E-state index is 13.2. The highest BCUT2D eigenvalue weighted by molar-refractivity contribution is 6.37. The van der Waals surface area contributed by atoms with Crippen molar-refractivity contribution in [3.05, 3.63) is 88.8 Å². The number of aliphatic imine (C=N–C) groups is 1. The van der Waals surface area contributed by atoms with E-state index in [-0.39, 0.29) is 11.8 Å². The lowest BCUT2D eigenvalue weighted by Gasteiger charge is -2.31. The molecule has 1 aromatic heterocycles. The van der Waals surface area contributed by atoms with Crippen molar-refractivity contribution in [2.75, 3.05) is 4.90 Å². The summed E-state index contributed by atoms with van der Waals surface area (Å²) in [5.41, 5.74) is 1.47. The lowest BCUT2D eigenvalue weighted by Crippen LogP contribution is -2.45. The number of hydrogen-bond donors (Lipinski definition) is 0. The van der Waals surface area contributed by atoms with Gasteiger partial charge in [0.1, 0.15) is 5.76 Å². The van der Waals surface area contributed by atoms with Gasteiger partial charge in [-0.15, -0.1) is 0 Å². The van der Waals surface area contributed by atoms with Gasteiger partial charge in [-0.1, -0.05) is 41.9 Å². The van der Waals surface area contributed by atoms with Crippen molar-refractivity contribution in [1.82, 2.24) is 0 Å². The van der Waals surface area contributed by atoms with Crippen LogP contribution in [0, 0.1) is 0 Å². The number of carbonyl (C=O) groups is 2. The van der Waals surface area contributed by atoms with Crippen LogP contribution in [0.25, 0.3) is 0 Å². The Hall–Kier alpha value is -3.18. The fourth-order valence-corrected chi connectivity index (χ4v) is 3.33. The molecule has 0 bridgehead atoms. The molecule has 2 aromatic carbocycles. The summed E-state index contributed by atoms with van der Waals surface area (Å²) in [6.07, 6.45) is 3.14. The van der Waals surface area contributed by atoms with E-state index in [1.54, 1.807) is 67.1 Å². The van der Waals surface area contributed by atoms with Gasteiger partial charge in [0, 0.05) is 11.8 Å². The molecule has 1 atom stereocenters. The van der Waals surface area contributed by atoms with E-state index in [0.717, 1.165) is 4.90 Å². The number of rotatable bonds is 4. The second-order valence-corrected chi connectivity index (χ2v) is 6.47. The lowest BCUT2D eigenvalue weighted by molar-refractivity contribution is -0.118. The zero-order valence-corrected chi connectivity index (χ0v) is 15.0. The molecule has 27 heavy (non-hydrogen) atoms. The normalized spacial score (nSPS) is 16.8. The molecular formula is C21H15ClN2O3. The van der Waals surface area contributed by atoms with E-state index in [0.29, 0.717) is 34.1 Å². The molecule has 2 heterocycles. The van der Waals surface area contributed by atoms with E-state index < -0.39 is 5.92 Å². The van der Waals surface area contributed by atoms with Gasteiger partial charge in [0.2, 0.25) is 5.91 Å². The Morgan fingerprint density at radius 1 is 1.04 bits per heavy atom. The van der Waals surface area contributed by atoms with Crippen molar-refractivity contribution in [3.8, 4) is 0 Å². The summed E-state index contributed by atoms with van der Waals surface area (Å²) in [6, 6.07) is 17.5. The molecule has 0 aliphatic carbocycles. The minimum Gasteiger partial charge on any atom is -0.467 e. The van der Waals surface area contributed by atoms with Crippen LogP contribution in [0.15, 0.2) is 76.3 Å². The Morgan fingerprint density at radius 3 is 2.59 bits per heavy atom. The smallest absolute Gasteiger partial charge is 0.265 e. The van der Waals surface area contributed by atoms with Crippen LogP contribution in [0.3, 0.4) is 0 Å². The summed E-state index contributed by atoms with van der Waals surface area (Å²) in [6.45, 7) is 0.318. The maximum Gasteiger partial charge on any atom is 0.265 e. The summed E-state index contributed by atoms with van der Waals surface area (Å²) in [7, 11) is 0. The largest absolute Gasteiger partial charge is 0.467 e. The van der Waals surface area contributed by atoms with Gasteiger partial charge in [-0.2, -0.15) is 0 Å². The average Bonchev–Trinajstić information content (AvgIpc) is 3.19. The van der Waals surface area contributed by atoms with Crippen molar-refractivity contribution in [2.24, 2.45) is 4.99 Å². The molecule has 0 saturated heterocycles. The number of furan rings is 1. The second-order valence-electron chi connectivity index (χ2n) is 6.06. The number of carbonyl (C=O) groups excluding carboxylic acids is 2. The van der Waals surface area contributed by atoms with Crippen molar-refractivity contribution < 1.29 is 14.0 Å². The average molecular weight is 379 g/mol. The first-order valence-electron chi connectivity index (χ1n) is 8.41. The Kier molecular flexibility index (Phi) is 4.60. The zero-order valence-electron chi connectivity index (χ0n) is 14.2. The first-order chi connectivity index (χ1) is 13.2.